The first kappa shape index (κ1) is 16.6. The van der Waals surface area contributed by atoms with Gasteiger partial charge in [0.1, 0.15) is 11.4 Å². The van der Waals surface area contributed by atoms with Gasteiger partial charge in [0.05, 0.1) is 12.6 Å². The van der Waals surface area contributed by atoms with Crippen LogP contribution in [0.3, 0.4) is 0 Å². The summed E-state index contributed by atoms with van der Waals surface area (Å²) >= 11 is 0. The van der Waals surface area contributed by atoms with Gasteiger partial charge in [0, 0.05) is 24.2 Å². The summed E-state index contributed by atoms with van der Waals surface area (Å²) in [6, 6.07) is 7.92. The Morgan fingerprint density at radius 1 is 1.40 bits per heavy atom. The van der Waals surface area contributed by atoms with E-state index in [0.29, 0.717) is 11.8 Å². The number of benzene rings is 1. The molecular weight excluding hydrogens is 312 g/mol. The number of nitrogens with zero attached hydrogens (tertiary/aromatic N) is 2. The highest BCUT2D eigenvalue weighted by atomic mass is 16.5. The number of pyridine rings is 1. The van der Waals surface area contributed by atoms with Crippen molar-refractivity contribution < 1.29 is 9.84 Å². The Labute approximate surface area is 149 Å². The van der Waals surface area contributed by atoms with Crippen LogP contribution in [0.25, 0.3) is 10.9 Å². The lowest BCUT2D eigenvalue weighted by molar-refractivity contribution is -0.0986. The molecule has 0 spiro atoms. The Balaban J connectivity index is 1.76. The molecule has 2 bridgehead atoms. The van der Waals surface area contributed by atoms with Crippen LogP contribution in [0.1, 0.15) is 25.3 Å². The smallest absolute Gasteiger partial charge is 0.119 e. The first-order chi connectivity index (χ1) is 12.0. The zero-order valence-corrected chi connectivity index (χ0v) is 15.0. The molecule has 4 heteroatoms. The molecular formula is C21H26N2O2. The maximum atomic E-state index is 11.6. The summed E-state index contributed by atoms with van der Waals surface area (Å²) < 4.78 is 5.38. The molecule has 0 radical (unpaired) electrons. The van der Waals surface area contributed by atoms with Crippen LogP contribution in [0.5, 0.6) is 5.75 Å². The Morgan fingerprint density at radius 3 is 2.92 bits per heavy atom. The van der Waals surface area contributed by atoms with Crippen molar-refractivity contribution in [2.75, 3.05) is 20.2 Å². The molecule has 4 heterocycles. The van der Waals surface area contributed by atoms with Crippen molar-refractivity contribution in [2.24, 2.45) is 11.8 Å². The average molecular weight is 338 g/mol. The van der Waals surface area contributed by atoms with Gasteiger partial charge >= 0.3 is 0 Å². The number of piperidine rings is 3. The van der Waals surface area contributed by atoms with Gasteiger partial charge in [-0.25, -0.2) is 0 Å². The minimum atomic E-state index is -0.932. The summed E-state index contributed by atoms with van der Waals surface area (Å²) in [7, 11) is 1.66. The van der Waals surface area contributed by atoms with Crippen molar-refractivity contribution in [3.8, 4) is 5.75 Å². The molecule has 3 aliphatic rings. The summed E-state index contributed by atoms with van der Waals surface area (Å²) in [5.74, 6) is 1.96. The molecule has 25 heavy (non-hydrogen) atoms. The fourth-order valence-electron chi connectivity index (χ4n) is 4.79. The number of aliphatic hydroxyl groups is 1. The quantitative estimate of drug-likeness (QED) is 0.869. The number of methoxy groups -OCH3 is 1. The third kappa shape index (κ3) is 2.64. The molecule has 1 aromatic heterocycles. The van der Waals surface area contributed by atoms with Crippen molar-refractivity contribution in [1.82, 2.24) is 9.88 Å². The number of ether oxygens (including phenoxy) is 1. The predicted molar refractivity (Wildman–Crippen MR) is 99.6 cm³/mol. The highest BCUT2D eigenvalue weighted by molar-refractivity contribution is 5.84. The van der Waals surface area contributed by atoms with Crippen molar-refractivity contribution in [1.29, 1.82) is 0 Å². The average Bonchev–Trinajstić information content (AvgIpc) is 2.67. The molecule has 4 nitrogen and oxygen atoms in total. The normalized spacial score (nSPS) is 30.8. The predicted octanol–water partition coefficient (Wildman–Crippen LogP) is 3.35. The van der Waals surface area contributed by atoms with Gasteiger partial charge in [-0.2, -0.15) is 0 Å². The van der Waals surface area contributed by atoms with E-state index >= 15 is 0 Å². The van der Waals surface area contributed by atoms with Crippen molar-refractivity contribution in [3.05, 3.63) is 48.7 Å². The maximum Gasteiger partial charge on any atom is 0.119 e. The van der Waals surface area contributed by atoms with E-state index in [1.165, 1.54) is 6.42 Å². The molecule has 3 aliphatic heterocycles. The van der Waals surface area contributed by atoms with Gasteiger partial charge in [0.2, 0.25) is 0 Å². The fourth-order valence-corrected chi connectivity index (χ4v) is 4.79. The number of rotatable bonds is 4. The van der Waals surface area contributed by atoms with Crippen LogP contribution in [0.4, 0.5) is 0 Å². The van der Waals surface area contributed by atoms with Gasteiger partial charge in [-0.05, 0) is 68.0 Å². The third-order valence-electron chi connectivity index (χ3n) is 6.25. The Bertz CT molecular complexity index is 802. The molecule has 0 aliphatic carbocycles. The van der Waals surface area contributed by atoms with Crippen LogP contribution in [0.2, 0.25) is 0 Å². The summed E-state index contributed by atoms with van der Waals surface area (Å²) in [5.41, 5.74) is 0.890. The molecule has 1 aromatic carbocycles. The number of hydrogen-bond acceptors (Lipinski definition) is 4. The van der Waals surface area contributed by atoms with E-state index < -0.39 is 5.60 Å². The maximum absolute atomic E-state index is 11.6. The van der Waals surface area contributed by atoms with Crippen LogP contribution in [-0.4, -0.2) is 41.2 Å². The Hall–Kier alpha value is -1.91. The van der Waals surface area contributed by atoms with Gasteiger partial charge < -0.3 is 9.84 Å². The van der Waals surface area contributed by atoms with Gasteiger partial charge in [-0.15, -0.1) is 6.58 Å². The zero-order valence-electron chi connectivity index (χ0n) is 15.0. The summed E-state index contributed by atoms with van der Waals surface area (Å²) in [5, 5.41) is 12.6. The lowest BCUT2D eigenvalue weighted by atomic mass is 9.70. The number of fused-ring (bicyclic) bond motifs is 4. The SMILES string of the molecule is C=C[C@H]1CN2CC[C@H]1C[C@H]2[C@](C)(O)c1ccnc2ccc(OC)cc12. The van der Waals surface area contributed by atoms with Crippen LogP contribution in [0.15, 0.2) is 43.1 Å². The molecule has 2 aromatic rings. The molecule has 3 saturated heterocycles. The standard InChI is InChI=1S/C21H26N2O2/c1-4-14-13-23-10-8-15(14)11-20(23)21(2,24)18-7-9-22-19-6-5-16(25-3)12-17(18)19/h4-7,9,12,14-15,20,24H,1,8,10-11,13H2,2-3H3/t14-,15-,20-,21+/m0/s1. The van der Waals surface area contributed by atoms with Crippen molar-refractivity contribution in [3.63, 3.8) is 0 Å². The van der Waals surface area contributed by atoms with E-state index in [1.807, 2.05) is 31.2 Å². The second-order valence-electron chi connectivity index (χ2n) is 7.58. The molecule has 0 saturated carbocycles. The van der Waals surface area contributed by atoms with E-state index in [2.05, 4.69) is 22.5 Å². The lowest BCUT2D eigenvalue weighted by Gasteiger charge is -2.53. The van der Waals surface area contributed by atoms with Crippen LogP contribution in [-0.2, 0) is 5.60 Å². The van der Waals surface area contributed by atoms with Gasteiger partial charge in [-0.3, -0.25) is 9.88 Å². The molecule has 1 N–H and O–H groups in total. The zero-order chi connectivity index (χ0) is 17.6. The first-order valence-electron chi connectivity index (χ1n) is 9.07. The lowest BCUT2D eigenvalue weighted by Crippen LogP contribution is -2.59. The molecule has 0 amide bonds. The van der Waals surface area contributed by atoms with E-state index in [-0.39, 0.29) is 6.04 Å². The van der Waals surface area contributed by atoms with E-state index in [9.17, 15) is 5.11 Å². The number of aromatic nitrogens is 1. The minimum Gasteiger partial charge on any atom is -0.497 e. The van der Waals surface area contributed by atoms with Gasteiger partial charge in [-0.1, -0.05) is 6.08 Å². The Kier molecular flexibility index (Phi) is 4.05. The van der Waals surface area contributed by atoms with Crippen LogP contribution in [0, 0.1) is 11.8 Å². The largest absolute Gasteiger partial charge is 0.497 e. The minimum absolute atomic E-state index is 0.124. The monoisotopic (exact) mass is 338 g/mol. The molecule has 3 fully saturated rings. The second kappa shape index (κ2) is 6.11. The molecule has 5 rings (SSSR count). The topological polar surface area (TPSA) is 45.6 Å². The van der Waals surface area contributed by atoms with Crippen molar-refractivity contribution >= 4 is 10.9 Å². The Morgan fingerprint density at radius 2 is 2.24 bits per heavy atom. The van der Waals surface area contributed by atoms with E-state index in [4.69, 9.17) is 4.74 Å². The molecule has 5 atom stereocenters. The molecule has 1 unspecified atom stereocenters. The van der Waals surface area contributed by atoms with Crippen molar-refractivity contribution in [2.45, 2.75) is 31.4 Å². The summed E-state index contributed by atoms with van der Waals surface area (Å²) in [6.07, 6.45) is 6.10. The van der Waals surface area contributed by atoms with Crippen LogP contribution < -0.4 is 4.74 Å². The van der Waals surface area contributed by atoms with Crippen LogP contribution >= 0.6 is 0 Å². The second-order valence-corrected chi connectivity index (χ2v) is 7.58. The summed E-state index contributed by atoms with van der Waals surface area (Å²) in [4.78, 5) is 6.90. The summed E-state index contributed by atoms with van der Waals surface area (Å²) in [6.45, 7) is 8.01. The first-order valence-corrected chi connectivity index (χ1v) is 9.07. The highest BCUT2D eigenvalue weighted by Crippen LogP contribution is 2.44. The van der Waals surface area contributed by atoms with Gasteiger partial charge in [0.15, 0.2) is 0 Å². The van der Waals surface area contributed by atoms with E-state index in [1.54, 1.807) is 13.3 Å². The van der Waals surface area contributed by atoms with Gasteiger partial charge in [0.25, 0.3) is 0 Å². The third-order valence-corrected chi connectivity index (χ3v) is 6.25. The van der Waals surface area contributed by atoms with E-state index in [0.717, 1.165) is 41.7 Å². The number of hydrogen-bond donors (Lipinski definition) is 1. The fraction of sp³-hybridized carbons (Fsp3) is 0.476. The molecule has 132 valence electrons. The highest BCUT2D eigenvalue weighted by Gasteiger charge is 2.47.